The van der Waals surface area contributed by atoms with Crippen molar-refractivity contribution in [1.82, 2.24) is 14.8 Å². The van der Waals surface area contributed by atoms with Gasteiger partial charge < -0.3 is 4.74 Å². The quantitative estimate of drug-likeness (QED) is 0.498. The molecule has 1 aromatic heterocycles. The number of carbonyl (C=O) groups excluding carboxylic acids is 1. The Morgan fingerprint density at radius 1 is 1.69 bits per heavy atom. The van der Waals surface area contributed by atoms with Crippen molar-refractivity contribution < 1.29 is 9.53 Å². The number of nitrogens with zero attached hydrogens (tertiary/aromatic N) is 3. The first-order valence-electron chi connectivity index (χ1n) is 3.98. The van der Waals surface area contributed by atoms with Gasteiger partial charge in [0.05, 0.1) is 13.2 Å². The molecule has 0 saturated heterocycles. The molecule has 0 bridgehead atoms. The molecule has 0 aliphatic rings. The first-order valence-corrected chi connectivity index (χ1v) is 3.98. The van der Waals surface area contributed by atoms with E-state index in [1.54, 1.807) is 24.0 Å². The summed E-state index contributed by atoms with van der Waals surface area (Å²) in [7, 11) is 0. The van der Waals surface area contributed by atoms with Crippen LogP contribution in [0.15, 0.2) is 24.8 Å². The van der Waals surface area contributed by atoms with E-state index in [-0.39, 0.29) is 5.97 Å². The van der Waals surface area contributed by atoms with Gasteiger partial charge in [-0.05, 0) is 6.92 Å². The Labute approximate surface area is 76.0 Å². The van der Waals surface area contributed by atoms with Gasteiger partial charge in [-0.1, -0.05) is 6.08 Å². The third kappa shape index (κ3) is 3.50. The van der Waals surface area contributed by atoms with Crippen molar-refractivity contribution in [1.29, 1.82) is 0 Å². The van der Waals surface area contributed by atoms with Crippen molar-refractivity contribution in [3.8, 4) is 0 Å². The third-order valence-corrected chi connectivity index (χ3v) is 1.30. The van der Waals surface area contributed by atoms with Crippen LogP contribution in [0.5, 0.6) is 0 Å². The molecule has 1 aromatic rings. The van der Waals surface area contributed by atoms with Crippen LogP contribution >= 0.6 is 0 Å². The minimum Gasteiger partial charge on any atom is -0.463 e. The van der Waals surface area contributed by atoms with Gasteiger partial charge in [0.1, 0.15) is 12.7 Å². The summed E-state index contributed by atoms with van der Waals surface area (Å²) >= 11 is 0. The van der Waals surface area contributed by atoms with Gasteiger partial charge in [-0.2, -0.15) is 5.10 Å². The van der Waals surface area contributed by atoms with Crippen molar-refractivity contribution in [2.45, 2.75) is 13.5 Å². The first-order chi connectivity index (χ1) is 6.33. The highest BCUT2D eigenvalue weighted by Crippen LogP contribution is 1.85. The molecule has 13 heavy (non-hydrogen) atoms. The lowest BCUT2D eigenvalue weighted by Crippen LogP contribution is -2.00. The molecule has 0 atom stereocenters. The van der Waals surface area contributed by atoms with Crippen molar-refractivity contribution in [2.24, 2.45) is 0 Å². The van der Waals surface area contributed by atoms with Gasteiger partial charge in [0.15, 0.2) is 0 Å². The molecule has 5 nitrogen and oxygen atoms in total. The van der Waals surface area contributed by atoms with Gasteiger partial charge >= 0.3 is 5.97 Å². The summed E-state index contributed by atoms with van der Waals surface area (Å²) in [6, 6.07) is 0. The van der Waals surface area contributed by atoms with Crippen LogP contribution in [0.3, 0.4) is 0 Å². The molecular formula is C8H11N3O2. The molecule has 0 saturated carbocycles. The van der Waals surface area contributed by atoms with Gasteiger partial charge in [0.25, 0.3) is 0 Å². The predicted molar refractivity (Wildman–Crippen MR) is 45.8 cm³/mol. The normalized spacial score (nSPS) is 10.5. The van der Waals surface area contributed by atoms with Crippen molar-refractivity contribution in [2.75, 3.05) is 6.61 Å². The maximum Gasteiger partial charge on any atom is 0.330 e. The number of hydrogen-bond acceptors (Lipinski definition) is 4. The second-order valence-corrected chi connectivity index (χ2v) is 2.27. The second kappa shape index (κ2) is 5.08. The molecule has 0 radical (unpaired) electrons. The molecule has 0 fully saturated rings. The minimum atomic E-state index is -0.331. The summed E-state index contributed by atoms with van der Waals surface area (Å²) in [5, 5.41) is 3.86. The van der Waals surface area contributed by atoms with Crippen LogP contribution < -0.4 is 0 Å². The molecule has 0 aromatic carbocycles. The topological polar surface area (TPSA) is 57.0 Å². The lowest BCUT2D eigenvalue weighted by molar-refractivity contribution is -0.137. The largest absolute Gasteiger partial charge is 0.463 e. The number of ether oxygens (including phenoxy) is 1. The van der Waals surface area contributed by atoms with Crippen molar-refractivity contribution in [3.05, 3.63) is 24.8 Å². The monoisotopic (exact) mass is 181 g/mol. The smallest absolute Gasteiger partial charge is 0.330 e. The maximum atomic E-state index is 10.8. The molecule has 0 N–H and O–H groups in total. The summed E-state index contributed by atoms with van der Waals surface area (Å²) in [5.41, 5.74) is 0. The van der Waals surface area contributed by atoms with Crippen LogP contribution in [-0.2, 0) is 16.1 Å². The van der Waals surface area contributed by atoms with Gasteiger partial charge in [-0.3, -0.25) is 0 Å². The number of allylic oxidation sites excluding steroid dienone is 1. The van der Waals surface area contributed by atoms with Crippen LogP contribution in [0, 0.1) is 0 Å². The van der Waals surface area contributed by atoms with Crippen LogP contribution in [0.1, 0.15) is 6.92 Å². The molecule has 0 aliphatic heterocycles. The fraction of sp³-hybridized carbons (Fsp3) is 0.375. The Balaban J connectivity index is 2.29. The van der Waals surface area contributed by atoms with E-state index in [1.807, 2.05) is 0 Å². The highest BCUT2D eigenvalue weighted by molar-refractivity contribution is 5.81. The second-order valence-electron chi connectivity index (χ2n) is 2.27. The van der Waals surface area contributed by atoms with E-state index in [1.165, 1.54) is 12.4 Å². The van der Waals surface area contributed by atoms with E-state index in [4.69, 9.17) is 4.74 Å². The molecule has 5 heteroatoms. The van der Waals surface area contributed by atoms with Crippen molar-refractivity contribution >= 4 is 5.97 Å². The molecule has 70 valence electrons. The zero-order valence-corrected chi connectivity index (χ0v) is 7.38. The summed E-state index contributed by atoms with van der Waals surface area (Å²) in [4.78, 5) is 14.6. The highest BCUT2D eigenvalue weighted by Gasteiger charge is 1.92. The Hall–Kier alpha value is -1.65. The Morgan fingerprint density at radius 2 is 2.54 bits per heavy atom. The SMILES string of the molecule is CCOC(=O)/C=C\Cn1cncn1. The first kappa shape index (κ1) is 9.44. The summed E-state index contributed by atoms with van der Waals surface area (Å²) in [5.74, 6) is -0.331. The zero-order chi connectivity index (χ0) is 9.52. The number of rotatable bonds is 4. The summed E-state index contributed by atoms with van der Waals surface area (Å²) in [6.45, 7) is 2.69. The molecule has 1 heterocycles. The van der Waals surface area contributed by atoms with Crippen LogP contribution in [0.25, 0.3) is 0 Å². The minimum absolute atomic E-state index is 0.331. The van der Waals surface area contributed by atoms with Gasteiger partial charge in [0.2, 0.25) is 0 Å². The zero-order valence-electron chi connectivity index (χ0n) is 7.38. The predicted octanol–water partition coefficient (Wildman–Crippen LogP) is 0.397. The summed E-state index contributed by atoms with van der Waals surface area (Å²) in [6.07, 6.45) is 6.07. The Kier molecular flexibility index (Phi) is 3.69. The van der Waals surface area contributed by atoms with Gasteiger partial charge in [-0.15, -0.1) is 0 Å². The Morgan fingerprint density at radius 3 is 3.15 bits per heavy atom. The van der Waals surface area contributed by atoms with Crippen LogP contribution in [0.2, 0.25) is 0 Å². The average molecular weight is 181 g/mol. The Bertz CT molecular complexity index is 280. The van der Waals surface area contributed by atoms with E-state index in [0.717, 1.165) is 0 Å². The lowest BCUT2D eigenvalue weighted by Gasteiger charge is -1.94. The van der Waals surface area contributed by atoms with Crippen LogP contribution in [-0.4, -0.2) is 27.3 Å². The molecule has 1 rings (SSSR count). The fourth-order valence-corrected chi connectivity index (χ4v) is 0.774. The van der Waals surface area contributed by atoms with E-state index >= 15 is 0 Å². The molecule has 0 spiro atoms. The average Bonchev–Trinajstić information content (AvgIpc) is 2.57. The van der Waals surface area contributed by atoms with Gasteiger partial charge in [0, 0.05) is 6.08 Å². The highest BCUT2D eigenvalue weighted by atomic mass is 16.5. The number of esters is 1. The molecule has 0 aliphatic carbocycles. The molecule has 0 amide bonds. The van der Waals surface area contributed by atoms with E-state index in [2.05, 4.69) is 10.1 Å². The summed E-state index contributed by atoms with van der Waals surface area (Å²) < 4.78 is 6.30. The fourth-order valence-electron chi connectivity index (χ4n) is 0.774. The van der Waals surface area contributed by atoms with Gasteiger partial charge in [-0.25, -0.2) is 14.5 Å². The number of carbonyl (C=O) groups is 1. The standard InChI is InChI=1S/C8H11N3O2/c1-2-13-8(12)4-3-5-11-7-9-6-10-11/h3-4,6-7H,2,5H2,1H3/b4-3-. The maximum absolute atomic E-state index is 10.8. The van der Waals surface area contributed by atoms with Crippen LogP contribution in [0.4, 0.5) is 0 Å². The van der Waals surface area contributed by atoms with E-state index in [9.17, 15) is 4.79 Å². The molecular weight excluding hydrogens is 170 g/mol. The van der Waals surface area contributed by atoms with E-state index in [0.29, 0.717) is 13.2 Å². The number of hydrogen-bond donors (Lipinski definition) is 0. The number of aromatic nitrogens is 3. The lowest BCUT2D eigenvalue weighted by atomic mass is 10.5. The van der Waals surface area contributed by atoms with Crippen molar-refractivity contribution in [3.63, 3.8) is 0 Å². The molecule has 0 unspecified atom stereocenters. The van der Waals surface area contributed by atoms with E-state index < -0.39 is 0 Å². The third-order valence-electron chi connectivity index (χ3n) is 1.30.